The summed E-state index contributed by atoms with van der Waals surface area (Å²) in [5.74, 6) is 0.429. The fourth-order valence-electron chi connectivity index (χ4n) is 3.66. The molecule has 29 heavy (non-hydrogen) atoms. The second kappa shape index (κ2) is 8.63. The standard InChI is InChI=1S/C22H23NO6/c1-26-17-9-7-15(18(13-17)21-27-11-12-28-21)8-10-20(24)23-19(14-29-22(23)25)16-5-3-2-4-6-16/h2-7,9,13,19,21H,8,10-12,14H2,1H3/t19-/m0/s1. The quantitative estimate of drug-likeness (QED) is 0.744. The summed E-state index contributed by atoms with van der Waals surface area (Å²) in [6.45, 7) is 1.23. The predicted molar refractivity (Wildman–Crippen MR) is 103 cm³/mol. The number of hydrogen-bond donors (Lipinski definition) is 0. The van der Waals surface area contributed by atoms with Crippen molar-refractivity contribution in [1.29, 1.82) is 0 Å². The minimum atomic E-state index is -0.596. The molecule has 0 radical (unpaired) electrons. The molecule has 0 unspecified atom stereocenters. The third-order valence-electron chi connectivity index (χ3n) is 5.16. The van der Waals surface area contributed by atoms with Gasteiger partial charge in [-0.05, 0) is 29.7 Å². The molecule has 7 nitrogen and oxygen atoms in total. The van der Waals surface area contributed by atoms with Gasteiger partial charge in [0.2, 0.25) is 5.91 Å². The Kier molecular flexibility index (Phi) is 5.78. The van der Waals surface area contributed by atoms with Crippen LogP contribution in [-0.2, 0) is 25.4 Å². The second-order valence-corrected chi connectivity index (χ2v) is 6.91. The molecule has 152 valence electrons. The normalized spacial score (nSPS) is 19.4. The number of rotatable bonds is 6. The lowest BCUT2D eigenvalue weighted by Crippen LogP contribution is -2.34. The zero-order valence-corrected chi connectivity index (χ0v) is 16.2. The first-order valence-electron chi connectivity index (χ1n) is 9.61. The van der Waals surface area contributed by atoms with Gasteiger partial charge in [0.05, 0.1) is 20.3 Å². The molecule has 0 N–H and O–H groups in total. The Morgan fingerprint density at radius 2 is 1.90 bits per heavy atom. The van der Waals surface area contributed by atoms with Crippen LogP contribution in [0.3, 0.4) is 0 Å². The number of hydrogen-bond acceptors (Lipinski definition) is 6. The van der Waals surface area contributed by atoms with Crippen LogP contribution >= 0.6 is 0 Å². The Morgan fingerprint density at radius 3 is 2.62 bits per heavy atom. The highest BCUT2D eigenvalue weighted by Gasteiger charge is 2.38. The third kappa shape index (κ3) is 4.11. The van der Waals surface area contributed by atoms with Gasteiger partial charge in [0.25, 0.3) is 0 Å². The average molecular weight is 397 g/mol. The van der Waals surface area contributed by atoms with E-state index in [0.29, 0.717) is 25.4 Å². The Bertz CT molecular complexity index is 878. The molecule has 4 rings (SSSR count). The zero-order valence-electron chi connectivity index (χ0n) is 16.2. The van der Waals surface area contributed by atoms with Gasteiger partial charge in [-0.1, -0.05) is 36.4 Å². The summed E-state index contributed by atoms with van der Waals surface area (Å²) in [6.07, 6.45) is -0.442. The summed E-state index contributed by atoms with van der Waals surface area (Å²) in [5.41, 5.74) is 2.65. The van der Waals surface area contributed by atoms with E-state index < -0.39 is 18.4 Å². The van der Waals surface area contributed by atoms with Crippen LogP contribution in [0.2, 0.25) is 0 Å². The van der Waals surface area contributed by atoms with E-state index in [1.807, 2.05) is 48.5 Å². The molecule has 2 aromatic carbocycles. The highest BCUT2D eigenvalue weighted by Crippen LogP contribution is 2.32. The maximum absolute atomic E-state index is 12.9. The number of benzene rings is 2. The van der Waals surface area contributed by atoms with Crippen LogP contribution in [0.25, 0.3) is 0 Å². The van der Waals surface area contributed by atoms with Gasteiger partial charge >= 0.3 is 6.09 Å². The van der Waals surface area contributed by atoms with Crippen LogP contribution in [-0.4, -0.2) is 43.8 Å². The lowest BCUT2D eigenvalue weighted by molar-refractivity contribution is -0.129. The van der Waals surface area contributed by atoms with Gasteiger partial charge in [-0.15, -0.1) is 0 Å². The van der Waals surface area contributed by atoms with Gasteiger partial charge in [0.1, 0.15) is 18.4 Å². The Hall–Kier alpha value is -2.90. The van der Waals surface area contributed by atoms with Crippen LogP contribution in [0.1, 0.15) is 35.4 Å². The van der Waals surface area contributed by atoms with Crippen molar-refractivity contribution in [3.8, 4) is 5.75 Å². The molecular weight excluding hydrogens is 374 g/mol. The number of amides is 2. The minimum absolute atomic E-state index is 0.171. The number of carbonyl (C=O) groups excluding carboxylic acids is 2. The van der Waals surface area contributed by atoms with Crippen molar-refractivity contribution >= 4 is 12.0 Å². The second-order valence-electron chi connectivity index (χ2n) is 6.91. The smallest absolute Gasteiger partial charge is 0.417 e. The van der Waals surface area contributed by atoms with E-state index in [4.69, 9.17) is 18.9 Å². The van der Waals surface area contributed by atoms with E-state index in [9.17, 15) is 9.59 Å². The van der Waals surface area contributed by atoms with Gasteiger partial charge in [0, 0.05) is 12.0 Å². The maximum Gasteiger partial charge on any atom is 0.417 e. The summed E-state index contributed by atoms with van der Waals surface area (Å²) >= 11 is 0. The lowest BCUT2D eigenvalue weighted by atomic mass is 10.0. The van der Waals surface area contributed by atoms with Crippen LogP contribution in [0.4, 0.5) is 4.79 Å². The monoisotopic (exact) mass is 397 g/mol. The molecule has 2 saturated heterocycles. The molecule has 2 aliphatic rings. The fraction of sp³-hybridized carbons (Fsp3) is 0.364. The predicted octanol–water partition coefficient (Wildman–Crippen LogP) is 3.39. The molecule has 0 bridgehead atoms. The Balaban J connectivity index is 1.50. The summed E-state index contributed by atoms with van der Waals surface area (Å²) < 4.78 is 21.7. The number of ether oxygens (including phenoxy) is 4. The van der Waals surface area contributed by atoms with Crippen molar-refractivity contribution < 1.29 is 28.5 Å². The number of cyclic esters (lactones) is 1. The molecule has 2 aliphatic heterocycles. The largest absolute Gasteiger partial charge is 0.497 e. The van der Waals surface area contributed by atoms with Crippen molar-refractivity contribution in [3.05, 3.63) is 65.2 Å². The number of nitrogens with zero attached hydrogens (tertiary/aromatic N) is 1. The highest BCUT2D eigenvalue weighted by atomic mass is 16.7. The Morgan fingerprint density at radius 1 is 1.14 bits per heavy atom. The molecular formula is C22H23NO6. The number of carbonyl (C=O) groups is 2. The number of imide groups is 1. The molecule has 1 atom stereocenters. The molecule has 7 heteroatoms. The Labute approximate surface area is 169 Å². The van der Waals surface area contributed by atoms with Crippen molar-refractivity contribution in [2.45, 2.75) is 25.2 Å². The average Bonchev–Trinajstić information content (AvgIpc) is 3.42. The van der Waals surface area contributed by atoms with Crippen molar-refractivity contribution in [2.75, 3.05) is 26.9 Å². The summed E-state index contributed by atoms with van der Waals surface area (Å²) in [6, 6.07) is 14.7. The van der Waals surface area contributed by atoms with Gasteiger partial charge < -0.3 is 18.9 Å². The molecule has 2 amide bonds. The van der Waals surface area contributed by atoms with Gasteiger partial charge in [0.15, 0.2) is 6.29 Å². The first-order valence-corrected chi connectivity index (χ1v) is 9.61. The lowest BCUT2D eigenvalue weighted by Gasteiger charge is -2.21. The zero-order chi connectivity index (χ0) is 20.2. The maximum atomic E-state index is 12.9. The van der Waals surface area contributed by atoms with E-state index in [0.717, 1.165) is 16.7 Å². The third-order valence-corrected chi connectivity index (χ3v) is 5.16. The molecule has 2 fully saturated rings. The van der Waals surface area contributed by atoms with E-state index in [-0.39, 0.29) is 18.9 Å². The SMILES string of the molecule is COc1ccc(CCC(=O)N2C(=O)OC[C@H]2c2ccccc2)c(C2OCCO2)c1. The molecule has 2 heterocycles. The molecule has 0 aromatic heterocycles. The van der Waals surface area contributed by atoms with Crippen molar-refractivity contribution in [2.24, 2.45) is 0 Å². The summed E-state index contributed by atoms with van der Waals surface area (Å²) in [5, 5.41) is 0. The minimum Gasteiger partial charge on any atom is -0.497 e. The van der Waals surface area contributed by atoms with Gasteiger partial charge in [-0.25, -0.2) is 9.69 Å². The van der Waals surface area contributed by atoms with Crippen molar-refractivity contribution in [3.63, 3.8) is 0 Å². The molecule has 0 saturated carbocycles. The van der Waals surface area contributed by atoms with Crippen LogP contribution in [0, 0.1) is 0 Å². The summed E-state index contributed by atoms with van der Waals surface area (Å²) in [4.78, 5) is 26.3. The topological polar surface area (TPSA) is 74.3 Å². The van der Waals surface area contributed by atoms with E-state index in [1.165, 1.54) is 4.90 Å². The first kappa shape index (κ1) is 19.4. The van der Waals surface area contributed by atoms with Gasteiger partial charge in [-0.2, -0.15) is 0 Å². The van der Waals surface area contributed by atoms with Crippen LogP contribution in [0.5, 0.6) is 5.75 Å². The summed E-state index contributed by atoms with van der Waals surface area (Å²) in [7, 11) is 1.60. The van der Waals surface area contributed by atoms with Gasteiger partial charge in [-0.3, -0.25) is 4.79 Å². The fourth-order valence-corrected chi connectivity index (χ4v) is 3.66. The van der Waals surface area contributed by atoms with Crippen LogP contribution in [0.15, 0.2) is 48.5 Å². The number of methoxy groups -OCH3 is 1. The first-order chi connectivity index (χ1) is 14.2. The molecule has 0 spiro atoms. The molecule has 0 aliphatic carbocycles. The van der Waals surface area contributed by atoms with Crippen LogP contribution < -0.4 is 4.74 Å². The molecule has 2 aromatic rings. The highest BCUT2D eigenvalue weighted by molar-refractivity contribution is 5.93. The van der Waals surface area contributed by atoms with E-state index in [1.54, 1.807) is 7.11 Å². The van der Waals surface area contributed by atoms with E-state index >= 15 is 0 Å². The van der Waals surface area contributed by atoms with E-state index in [2.05, 4.69) is 0 Å². The number of aryl methyl sites for hydroxylation is 1. The van der Waals surface area contributed by atoms with Crippen molar-refractivity contribution in [1.82, 2.24) is 4.90 Å².